The molecule has 2 amide bonds. The molecule has 4 aromatic rings. The van der Waals surface area contributed by atoms with Gasteiger partial charge in [0, 0.05) is 32.2 Å². The molecule has 0 aliphatic heterocycles. The molecule has 2 atom stereocenters. The number of hydrogen-bond donors (Lipinski definition) is 0. The van der Waals surface area contributed by atoms with Gasteiger partial charge in [-0.05, 0) is 112 Å². The van der Waals surface area contributed by atoms with Crippen LogP contribution in [0.3, 0.4) is 0 Å². The third kappa shape index (κ3) is 18.6. The van der Waals surface area contributed by atoms with Crippen LogP contribution in [0.1, 0.15) is 48.9 Å². The number of carbonyl (C=O) groups is 2. The third-order valence-electron chi connectivity index (χ3n) is 10.3. The second-order valence-corrected chi connectivity index (χ2v) is 15.1. The average Bonchev–Trinajstić information content (AvgIpc) is 3.31. The first-order chi connectivity index (χ1) is 31.0. The first-order valence-electron chi connectivity index (χ1n) is 21.5. The molecule has 0 bridgehead atoms. The van der Waals surface area contributed by atoms with E-state index in [1.165, 1.54) is 0 Å². The van der Waals surface area contributed by atoms with Gasteiger partial charge < -0.3 is 52.3 Å². The monoisotopic (exact) mass is 889 g/mol. The van der Waals surface area contributed by atoms with Gasteiger partial charge in [-0.1, -0.05) is 48.5 Å². The molecule has 0 aliphatic rings. The van der Waals surface area contributed by atoms with Crippen LogP contribution in [0.25, 0.3) is 0 Å². The van der Waals surface area contributed by atoms with E-state index in [0.717, 1.165) is 58.1 Å². The Bertz CT molecular complexity index is 1660. The first-order valence-corrected chi connectivity index (χ1v) is 21.5. The molecule has 64 heavy (non-hydrogen) atoms. The van der Waals surface area contributed by atoms with Crippen molar-refractivity contribution in [1.82, 2.24) is 14.7 Å². The predicted molar refractivity (Wildman–Crippen MR) is 243 cm³/mol. The van der Waals surface area contributed by atoms with Crippen LogP contribution < -0.4 is 18.9 Å². The Labute approximate surface area is 378 Å². The van der Waals surface area contributed by atoms with Crippen molar-refractivity contribution >= 4 is 12.2 Å². The van der Waals surface area contributed by atoms with E-state index in [4.69, 9.17) is 47.4 Å². The van der Waals surface area contributed by atoms with Gasteiger partial charge in [-0.3, -0.25) is 9.80 Å². The van der Waals surface area contributed by atoms with Crippen molar-refractivity contribution in [1.29, 1.82) is 0 Å². The summed E-state index contributed by atoms with van der Waals surface area (Å²) >= 11 is 0. The summed E-state index contributed by atoms with van der Waals surface area (Å²) in [4.78, 5) is 31.9. The second kappa shape index (κ2) is 28.3. The molecule has 0 saturated carbocycles. The molecule has 15 nitrogen and oxygen atoms in total. The molecule has 0 heterocycles. The maximum Gasteiger partial charge on any atom is 0.410 e. The van der Waals surface area contributed by atoms with E-state index in [1.807, 2.05) is 125 Å². The standard InChI is InChI=1S/C49H67N3O12/c1-37(61-29-31-63-48(53)51(33-39-9-17-44(55-5)18-10-39)34-40-11-19-45(56-6)20-12-40)59-27-25-43(50(3)4)26-28-60-38(2)62-30-32-64-49(54)52(35-41-13-21-46(57-7)22-14-41)36-42-15-23-47(58-8)24-16-42/h9-24,37-38,43H,25-36H2,1-8H3. The lowest BCUT2D eigenvalue weighted by Gasteiger charge is -2.26. The number of hydrogen-bond acceptors (Lipinski definition) is 13. The Morgan fingerprint density at radius 2 is 0.688 bits per heavy atom. The van der Waals surface area contributed by atoms with Crippen LogP contribution in [-0.2, 0) is 54.6 Å². The summed E-state index contributed by atoms with van der Waals surface area (Å²) in [6.07, 6.45) is -0.391. The van der Waals surface area contributed by atoms with Gasteiger partial charge in [0.05, 0.1) is 54.9 Å². The number of nitrogens with zero attached hydrogens (tertiary/aromatic N) is 3. The molecule has 350 valence electrons. The van der Waals surface area contributed by atoms with Crippen LogP contribution in [0.15, 0.2) is 97.1 Å². The fourth-order valence-electron chi connectivity index (χ4n) is 6.54. The SMILES string of the molecule is COc1ccc(CN(Cc2ccc(OC)cc2)C(=O)OCCOC(C)OCCC(CCOC(C)OCCOC(=O)N(Cc2ccc(OC)cc2)Cc2ccc(OC)cc2)N(C)C)cc1. The highest BCUT2D eigenvalue weighted by atomic mass is 16.7. The van der Waals surface area contributed by atoms with Gasteiger partial charge in [-0.25, -0.2) is 9.59 Å². The van der Waals surface area contributed by atoms with E-state index >= 15 is 0 Å². The maximum atomic E-state index is 13.2. The molecule has 0 aromatic heterocycles. The largest absolute Gasteiger partial charge is 0.497 e. The summed E-state index contributed by atoms with van der Waals surface area (Å²) in [6, 6.07) is 30.5. The summed E-state index contributed by atoms with van der Waals surface area (Å²) in [6.45, 7) is 6.51. The summed E-state index contributed by atoms with van der Waals surface area (Å²) in [5, 5.41) is 0. The zero-order chi connectivity index (χ0) is 46.1. The van der Waals surface area contributed by atoms with Crippen molar-refractivity contribution in [2.24, 2.45) is 0 Å². The minimum absolute atomic E-state index is 0.0717. The minimum Gasteiger partial charge on any atom is -0.497 e. The lowest BCUT2D eigenvalue weighted by atomic mass is 10.1. The lowest BCUT2D eigenvalue weighted by Crippen LogP contribution is -2.33. The lowest BCUT2D eigenvalue weighted by molar-refractivity contribution is -0.144. The highest BCUT2D eigenvalue weighted by Crippen LogP contribution is 2.20. The van der Waals surface area contributed by atoms with E-state index in [0.29, 0.717) is 39.4 Å². The Kier molecular flexibility index (Phi) is 22.5. The summed E-state index contributed by atoms with van der Waals surface area (Å²) in [7, 11) is 10.5. The van der Waals surface area contributed by atoms with Gasteiger partial charge >= 0.3 is 12.2 Å². The molecular formula is C49H67N3O12. The summed E-state index contributed by atoms with van der Waals surface area (Å²) in [5.74, 6) is 2.97. The number of ether oxygens (including phenoxy) is 10. The maximum absolute atomic E-state index is 13.2. The number of methoxy groups -OCH3 is 4. The van der Waals surface area contributed by atoms with Gasteiger partial charge in [-0.2, -0.15) is 0 Å². The van der Waals surface area contributed by atoms with Gasteiger partial charge in [0.1, 0.15) is 36.2 Å². The highest BCUT2D eigenvalue weighted by molar-refractivity contribution is 5.68. The first kappa shape index (κ1) is 51.1. The Hall–Kier alpha value is -5.58. The minimum atomic E-state index is -0.494. The Morgan fingerprint density at radius 1 is 0.422 bits per heavy atom. The molecule has 0 aliphatic carbocycles. The molecule has 0 fully saturated rings. The number of carbonyl (C=O) groups excluding carboxylic acids is 2. The van der Waals surface area contributed by atoms with Crippen LogP contribution in [0.5, 0.6) is 23.0 Å². The van der Waals surface area contributed by atoms with Gasteiger partial charge in [0.15, 0.2) is 12.6 Å². The van der Waals surface area contributed by atoms with Crippen LogP contribution in [0.4, 0.5) is 9.59 Å². The van der Waals surface area contributed by atoms with Crippen LogP contribution in [-0.4, -0.2) is 128 Å². The quantitative estimate of drug-likeness (QED) is 0.0384. The van der Waals surface area contributed by atoms with Crippen molar-refractivity contribution < 1.29 is 57.0 Å². The highest BCUT2D eigenvalue weighted by Gasteiger charge is 2.19. The molecule has 4 aromatic carbocycles. The molecule has 0 saturated heterocycles. The van der Waals surface area contributed by atoms with E-state index < -0.39 is 24.8 Å². The molecule has 0 radical (unpaired) electrons. The number of benzene rings is 4. The predicted octanol–water partition coefficient (Wildman–Crippen LogP) is 8.17. The topological polar surface area (TPSA) is 136 Å². The van der Waals surface area contributed by atoms with Crippen molar-refractivity contribution in [3.05, 3.63) is 119 Å². The van der Waals surface area contributed by atoms with E-state index in [-0.39, 0.29) is 32.5 Å². The zero-order valence-electron chi connectivity index (χ0n) is 38.7. The van der Waals surface area contributed by atoms with Gasteiger partial charge in [0.25, 0.3) is 0 Å². The molecular weight excluding hydrogens is 823 g/mol. The molecule has 4 rings (SSSR count). The average molecular weight is 890 g/mol. The summed E-state index contributed by atoms with van der Waals surface area (Å²) < 4.78 is 55.9. The van der Waals surface area contributed by atoms with Crippen molar-refractivity contribution in [3.63, 3.8) is 0 Å². The Balaban J connectivity index is 1.12. The Morgan fingerprint density at radius 3 is 0.938 bits per heavy atom. The normalized spacial score (nSPS) is 12.5. The molecule has 0 N–H and O–H groups in total. The number of amides is 2. The van der Waals surface area contributed by atoms with Crippen molar-refractivity contribution in [2.75, 3.05) is 82.2 Å². The van der Waals surface area contributed by atoms with Crippen LogP contribution in [0.2, 0.25) is 0 Å². The second-order valence-electron chi connectivity index (χ2n) is 15.1. The van der Waals surface area contributed by atoms with E-state index in [9.17, 15) is 9.59 Å². The smallest absolute Gasteiger partial charge is 0.410 e. The van der Waals surface area contributed by atoms with Crippen LogP contribution >= 0.6 is 0 Å². The van der Waals surface area contributed by atoms with E-state index in [2.05, 4.69) is 4.90 Å². The van der Waals surface area contributed by atoms with E-state index in [1.54, 1.807) is 38.2 Å². The molecule has 0 spiro atoms. The molecule has 15 heteroatoms. The third-order valence-corrected chi connectivity index (χ3v) is 10.3. The summed E-state index contributed by atoms with van der Waals surface area (Å²) in [5.41, 5.74) is 3.77. The number of rotatable bonds is 29. The fourth-order valence-corrected chi connectivity index (χ4v) is 6.54. The van der Waals surface area contributed by atoms with Crippen LogP contribution in [0, 0.1) is 0 Å². The van der Waals surface area contributed by atoms with Gasteiger partial charge in [-0.15, -0.1) is 0 Å². The van der Waals surface area contributed by atoms with Crippen molar-refractivity contribution in [2.45, 2.75) is 71.5 Å². The molecule has 2 unspecified atom stereocenters. The van der Waals surface area contributed by atoms with Crippen molar-refractivity contribution in [3.8, 4) is 23.0 Å². The zero-order valence-corrected chi connectivity index (χ0v) is 38.7. The fraction of sp³-hybridized carbons (Fsp3) is 0.469. The van der Waals surface area contributed by atoms with Gasteiger partial charge in [0.2, 0.25) is 0 Å².